The molecule has 0 aliphatic carbocycles. The highest BCUT2D eigenvalue weighted by molar-refractivity contribution is 7.07. The van der Waals surface area contributed by atoms with Crippen molar-refractivity contribution in [1.82, 2.24) is 20.0 Å². The third-order valence-corrected chi connectivity index (χ3v) is 5.38. The van der Waals surface area contributed by atoms with E-state index in [4.69, 9.17) is 16.3 Å². The van der Waals surface area contributed by atoms with Crippen molar-refractivity contribution in [2.45, 2.75) is 0 Å². The summed E-state index contributed by atoms with van der Waals surface area (Å²) in [6.07, 6.45) is 4.30. The first-order valence-corrected chi connectivity index (χ1v) is 10.7. The molecule has 0 aliphatic heterocycles. The van der Waals surface area contributed by atoms with Gasteiger partial charge in [0.25, 0.3) is 11.6 Å². The fourth-order valence-electron chi connectivity index (χ4n) is 2.91. The number of amides is 1. The lowest BCUT2D eigenvalue weighted by atomic mass is 10.1. The van der Waals surface area contributed by atoms with E-state index < -0.39 is 10.8 Å². The van der Waals surface area contributed by atoms with Crippen LogP contribution in [0.2, 0.25) is 5.02 Å². The molecule has 0 bridgehead atoms. The van der Waals surface area contributed by atoms with Crippen molar-refractivity contribution in [3.63, 3.8) is 0 Å². The van der Waals surface area contributed by atoms with Crippen LogP contribution >= 0.6 is 22.9 Å². The lowest BCUT2D eigenvalue weighted by Crippen LogP contribution is -2.28. The van der Waals surface area contributed by atoms with Crippen molar-refractivity contribution in [3.05, 3.63) is 92.4 Å². The Balaban J connectivity index is 1.71. The van der Waals surface area contributed by atoms with E-state index in [1.165, 1.54) is 42.1 Å². The number of aromatic nitrogens is 3. The van der Waals surface area contributed by atoms with E-state index in [-0.39, 0.29) is 28.9 Å². The normalized spacial score (nSPS) is 11.2. The number of nitro groups is 1. The summed E-state index contributed by atoms with van der Waals surface area (Å²) in [4.78, 5) is 31.5. The number of nitrogens with one attached hydrogen (secondary N) is 1. The molecular weight excluding hydrogens is 468 g/mol. The predicted octanol–water partition coefficient (Wildman–Crippen LogP) is 3.57. The quantitative estimate of drug-likeness (QED) is 0.317. The number of rotatable bonds is 7. The number of halogens is 1. The Labute approximate surface area is 195 Å². The topological polar surface area (TPSA) is 125 Å². The smallest absolute Gasteiger partial charge is 0.294 e. The number of carbonyl (C=O) groups excluding carboxylic acids is 1. The number of carbonyl (C=O) groups is 1. The van der Waals surface area contributed by atoms with Crippen LogP contribution in [0.25, 0.3) is 16.9 Å². The summed E-state index contributed by atoms with van der Waals surface area (Å²) >= 11 is 7.20. The number of nitrogens with zero attached hydrogens (tertiary/aromatic N) is 5. The summed E-state index contributed by atoms with van der Waals surface area (Å²) in [6, 6.07) is 13.7. The SMILES string of the molecule is O=C(COc1cnccn1)N/N=c1\scc(-c2ccccc2)n1-c1ccc(Cl)cc1[N+](=O)[O-]. The Morgan fingerprint density at radius 2 is 2.06 bits per heavy atom. The second-order valence-corrected chi connectivity index (χ2v) is 7.75. The minimum absolute atomic E-state index is 0.196. The molecule has 1 amide bonds. The maximum atomic E-state index is 12.2. The third kappa shape index (κ3) is 5.22. The second-order valence-electron chi connectivity index (χ2n) is 6.47. The van der Waals surface area contributed by atoms with Crippen LogP contribution in [-0.4, -0.2) is 32.0 Å². The van der Waals surface area contributed by atoms with Gasteiger partial charge in [-0.15, -0.1) is 16.4 Å². The zero-order valence-corrected chi connectivity index (χ0v) is 18.4. The lowest BCUT2D eigenvalue weighted by molar-refractivity contribution is -0.384. The number of nitro benzene ring substituents is 1. The maximum Gasteiger partial charge on any atom is 0.294 e. The molecule has 0 spiro atoms. The van der Waals surface area contributed by atoms with E-state index in [1.54, 1.807) is 16.0 Å². The molecule has 166 valence electrons. The standard InChI is InChI=1S/C21H15ClN6O4S/c22-15-6-7-16(17(10-15)28(30)31)27-18(14-4-2-1-3-5-14)13-33-21(27)26-25-19(29)12-32-20-11-23-8-9-24-20/h1-11,13H,12H2,(H,25,29)/b26-21-. The van der Waals surface area contributed by atoms with Gasteiger partial charge in [-0.1, -0.05) is 41.9 Å². The van der Waals surface area contributed by atoms with Gasteiger partial charge in [0.15, 0.2) is 6.61 Å². The van der Waals surface area contributed by atoms with E-state index in [2.05, 4.69) is 20.5 Å². The molecule has 0 atom stereocenters. The van der Waals surface area contributed by atoms with E-state index in [1.807, 2.05) is 30.3 Å². The second kappa shape index (κ2) is 10.0. The summed E-state index contributed by atoms with van der Waals surface area (Å²) in [6.45, 7) is -0.333. The van der Waals surface area contributed by atoms with E-state index >= 15 is 0 Å². The highest BCUT2D eigenvalue weighted by Gasteiger charge is 2.20. The van der Waals surface area contributed by atoms with Crippen LogP contribution in [0.3, 0.4) is 0 Å². The molecular formula is C21H15ClN6O4S. The Bertz CT molecular complexity index is 1360. The summed E-state index contributed by atoms with van der Waals surface area (Å²) < 4.78 is 6.85. The molecule has 0 saturated carbocycles. The molecule has 1 N–H and O–H groups in total. The lowest BCUT2D eigenvalue weighted by Gasteiger charge is -2.10. The van der Waals surface area contributed by atoms with Gasteiger partial charge in [-0.2, -0.15) is 0 Å². The highest BCUT2D eigenvalue weighted by atomic mass is 35.5. The Morgan fingerprint density at radius 1 is 1.24 bits per heavy atom. The van der Waals surface area contributed by atoms with E-state index in [0.29, 0.717) is 10.5 Å². The van der Waals surface area contributed by atoms with Crippen LogP contribution in [0.1, 0.15) is 0 Å². The molecule has 0 unspecified atom stereocenters. The van der Waals surface area contributed by atoms with Gasteiger partial charge in [0.1, 0.15) is 5.69 Å². The average Bonchev–Trinajstić information content (AvgIpc) is 3.26. The zero-order valence-electron chi connectivity index (χ0n) is 16.8. The molecule has 4 rings (SSSR count). The largest absolute Gasteiger partial charge is 0.466 e. The number of thiazole rings is 1. The van der Waals surface area contributed by atoms with Crippen molar-refractivity contribution in [2.75, 3.05) is 6.61 Å². The number of hydrogen-bond acceptors (Lipinski definition) is 8. The first kappa shape index (κ1) is 22.1. The molecule has 0 aliphatic rings. The summed E-state index contributed by atoms with van der Waals surface area (Å²) in [5, 5.41) is 17.9. The number of ether oxygens (including phenoxy) is 1. The predicted molar refractivity (Wildman–Crippen MR) is 122 cm³/mol. The van der Waals surface area contributed by atoms with Crippen molar-refractivity contribution in [2.24, 2.45) is 5.10 Å². The molecule has 0 fully saturated rings. The maximum absolute atomic E-state index is 12.2. The minimum atomic E-state index is -0.535. The van der Waals surface area contributed by atoms with E-state index in [9.17, 15) is 14.9 Å². The first-order chi connectivity index (χ1) is 16.0. The van der Waals surface area contributed by atoms with Gasteiger partial charge in [-0.05, 0) is 17.7 Å². The first-order valence-electron chi connectivity index (χ1n) is 9.44. The van der Waals surface area contributed by atoms with Gasteiger partial charge in [-0.3, -0.25) is 24.5 Å². The number of benzene rings is 2. The van der Waals surface area contributed by atoms with Crippen molar-refractivity contribution >= 4 is 34.5 Å². The molecule has 2 aromatic carbocycles. The Morgan fingerprint density at radius 3 is 2.79 bits per heavy atom. The van der Waals surface area contributed by atoms with Gasteiger partial charge < -0.3 is 4.74 Å². The summed E-state index contributed by atoms with van der Waals surface area (Å²) in [5.74, 6) is -0.338. The fraction of sp³-hybridized carbons (Fsp3) is 0.0476. The molecule has 0 saturated heterocycles. The Kier molecular flexibility index (Phi) is 6.72. The average molecular weight is 483 g/mol. The van der Waals surface area contributed by atoms with Gasteiger partial charge in [-0.25, -0.2) is 10.4 Å². The van der Waals surface area contributed by atoms with E-state index in [0.717, 1.165) is 5.56 Å². The van der Waals surface area contributed by atoms with Crippen LogP contribution in [0, 0.1) is 10.1 Å². The summed E-state index contributed by atoms with van der Waals surface area (Å²) in [5.41, 5.74) is 3.95. The van der Waals surface area contributed by atoms with Crippen molar-refractivity contribution < 1.29 is 14.5 Å². The molecule has 10 nitrogen and oxygen atoms in total. The zero-order chi connectivity index (χ0) is 23.2. The van der Waals surface area contributed by atoms with Crippen molar-refractivity contribution in [3.8, 4) is 22.8 Å². The van der Waals surface area contributed by atoms with Gasteiger partial charge in [0.2, 0.25) is 10.7 Å². The molecule has 2 heterocycles. The van der Waals surface area contributed by atoms with Crippen LogP contribution in [0.4, 0.5) is 5.69 Å². The van der Waals surface area contributed by atoms with Crippen LogP contribution < -0.4 is 15.0 Å². The van der Waals surface area contributed by atoms with Crippen LogP contribution in [0.5, 0.6) is 5.88 Å². The monoisotopic (exact) mass is 482 g/mol. The molecule has 0 radical (unpaired) electrons. The van der Waals surface area contributed by atoms with Crippen LogP contribution in [-0.2, 0) is 4.79 Å². The Hall–Kier alpha value is -4.09. The molecule has 2 aromatic heterocycles. The number of hydrogen-bond donors (Lipinski definition) is 1. The van der Waals surface area contributed by atoms with Crippen LogP contribution in [0.15, 0.2) is 77.6 Å². The highest BCUT2D eigenvalue weighted by Crippen LogP contribution is 2.30. The summed E-state index contributed by atoms with van der Waals surface area (Å²) in [7, 11) is 0. The van der Waals surface area contributed by atoms with Gasteiger partial charge in [0.05, 0.1) is 16.8 Å². The fourth-order valence-corrected chi connectivity index (χ4v) is 3.93. The minimum Gasteiger partial charge on any atom is -0.466 e. The molecule has 4 aromatic rings. The third-order valence-electron chi connectivity index (χ3n) is 4.32. The van der Waals surface area contributed by atoms with Gasteiger partial charge in [0, 0.05) is 28.9 Å². The van der Waals surface area contributed by atoms with Crippen molar-refractivity contribution in [1.29, 1.82) is 0 Å². The van der Waals surface area contributed by atoms with Gasteiger partial charge >= 0.3 is 0 Å². The molecule has 33 heavy (non-hydrogen) atoms. The molecule has 12 heteroatoms.